The van der Waals surface area contributed by atoms with Gasteiger partial charge in [0.15, 0.2) is 23.1 Å². The highest BCUT2D eigenvalue weighted by molar-refractivity contribution is 6.30. The molecule has 3 rings (SSSR count). The number of ketones is 2. The summed E-state index contributed by atoms with van der Waals surface area (Å²) in [6, 6.07) is 4.40. The van der Waals surface area contributed by atoms with Crippen molar-refractivity contribution in [1.82, 2.24) is 0 Å². The van der Waals surface area contributed by atoms with Gasteiger partial charge in [-0.25, -0.2) is 0 Å². The van der Waals surface area contributed by atoms with Crippen LogP contribution in [-0.2, 0) is 0 Å². The average Bonchev–Trinajstić information content (AvgIpc) is 2.40. The van der Waals surface area contributed by atoms with Crippen molar-refractivity contribution in [2.45, 2.75) is 0 Å². The van der Waals surface area contributed by atoms with Crippen molar-refractivity contribution in [2.24, 2.45) is 0 Å². The summed E-state index contributed by atoms with van der Waals surface area (Å²) in [5, 5.41) is 38.3. The summed E-state index contributed by atoms with van der Waals surface area (Å²) in [4.78, 5) is 24.5. The van der Waals surface area contributed by atoms with Gasteiger partial charge in [0.05, 0.1) is 11.1 Å². The van der Waals surface area contributed by atoms with Crippen LogP contribution in [0, 0.1) is 0 Å². The Morgan fingerprint density at radius 2 is 1.35 bits per heavy atom. The molecule has 0 unspecified atom stereocenters. The minimum absolute atomic E-state index is 0.0145. The Hall–Kier alpha value is -3.02. The largest absolute Gasteiger partial charge is 0.508 e. The predicted octanol–water partition coefficient (Wildman–Crippen LogP) is 1.28. The SMILES string of the molecule is O=C1c2ccc(O)cc2C(=O)c2c(O)c(O)cc(O)c21. The van der Waals surface area contributed by atoms with Gasteiger partial charge in [-0.2, -0.15) is 0 Å². The van der Waals surface area contributed by atoms with Gasteiger partial charge in [0, 0.05) is 17.2 Å². The van der Waals surface area contributed by atoms with E-state index >= 15 is 0 Å². The van der Waals surface area contributed by atoms with E-state index in [0.29, 0.717) is 0 Å². The maximum absolute atomic E-state index is 12.3. The van der Waals surface area contributed by atoms with E-state index in [9.17, 15) is 30.0 Å². The van der Waals surface area contributed by atoms with E-state index in [2.05, 4.69) is 0 Å². The van der Waals surface area contributed by atoms with E-state index in [1.54, 1.807) is 0 Å². The van der Waals surface area contributed by atoms with Crippen LogP contribution in [0.25, 0.3) is 0 Å². The van der Waals surface area contributed by atoms with Gasteiger partial charge < -0.3 is 20.4 Å². The second-order valence-electron chi connectivity index (χ2n) is 4.40. The molecule has 1 aliphatic rings. The number of carbonyl (C=O) groups excluding carboxylic acids is 2. The van der Waals surface area contributed by atoms with Crippen molar-refractivity contribution in [3.05, 3.63) is 46.5 Å². The Morgan fingerprint density at radius 1 is 0.700 bits per heavy atom. The molecule has 0 atom stereocenters. The Kier molecular flexibility index (Phi) is 2.25. The third-order valence-corrected chi connectivity index (χ3v) is 3.21. The maximum atomic E-state index is 12.3. The van der Waals surface area contributed by atoms with Gasteiger partial charge in [-0.3, -0.25) is 9.59 Å². The van der Waals surface area contributed by atoms with Gasteiger partial charge in [-0.15, -0.1) is 0 Å². The zero-order valence-electron chi connectivity index (χ0n) is 9.91. The quantitative estimate of drug-likeness (QED) is 0.362. The smallest absolute Gasteiger partial charge is 0.198 e. The second-order valence-corrected chi connectivity index (χ2v) is 4.40. The van der Waals surface area contributed by atoms with Gasteiger partial charge in [-0.05, 0) is 18.2 Å². The van der Waals surface area contributed by atoms with Crippen LogP contribution in [0.5, 0.6) is 23.0 Å². The van der Waals surface area contributed by atoms with Crippen LogP contribution < -0.4 is 0 Å². The lowest BCUT2D eigenvalue weighted by molar-refractivity contribution is 0.0973. The summed E-state index contributed by atoms with van der Waals surface area (Å²) in [7, 11) is 0. The van der Waals surface area contributed by atoms with Crippen LogP contribution >= 0.6 is 0 Å². The van der Waals surface area contributed by atoms with Crippen LogP contribution in [-0.4, -0.2) is 32.0 Å². The monoisotopic (exact) mass is 272 g/mol. The summed E-state index contributed by atoms with van der Waals surface area (Å²) >= 11 is 0. The van der Waals surface area contributed by atoms with E-state index in [1.165, 1.54) is 12.1 Å². The molecule has 0 saturated heterocycles. The van der Waals surface area contributed by atoms with Crippen LogP contribution in [0.15, 0.2) is 24.3 Å². The molecule has 0 aromatic heterocycles. The minimum atomic E-state index is -0.773. The summed E-state index contributed by atoms with van der Waals surface area (Å²) < 4.78 is 0. The van der Waals surface area contributed by atoms with Crippen molar-refractivity contribution < 1.29 is 30.0 Å². The average molecular weight is 272 g/mol. The number of phenols is 4. The zero-order valence-corrected chi connectivity index (χ0v) is 9.91. The van der Waals surface area contributed by atoms with Gasteiger partial charge in [-0.1, -0.05) is 0 Å². The lowest BCUT2D eigenvalue weighted by atomic mass is 9.83. The molecular weight excluding hydrogens is 264 g/mol. The summed E-state index contributed by atoms with van der Waals surface area (Å²) in [5.74, 6) is -3.70. The molecule has 0 fully saturated rings. The summed E-state index contributed by atoms with van der Waals surface area (Å²) in [6.45, 7) is 0. The molecule has 2 aromatic carbocycles. The van der Waals surface area contributed by atoms with Gasteiger partial charge in [0.25, 0.3) is 0 Å². The predicted molar refractivity (Wildman–Crippen MR) is 66.4 cm³/mol. The van der Waals surface area contributed by atoms with E-state index in [0.717, 1.165) is 12.1 Å². The van der Waals surface area contributed by atoms with Crippen molar-refractivity contribution in [2.75, 3.05) is 0 Å². The Morgan fingerprint density at radius 3 is 2.05 bits per heavy atom. The lowest BCUT2D eigenvalue weighted by Gasteiger charge is -2.19. The van der Waals surface area contributed by atoms with E-state index in [4.69, 9.17) is 0 Å². The number of hydrogen-bond donors (Lipinski definition) is 4. The van der Waals surface area contributed by atoms with Crippen LogP contribution in [0.1, 0.15) is 31.8 Å². The maximum Gasteiger partial charge on any atom is 0.198 e. The molecule has 6 heteroatoms. The molecule has 0 radical (unpaired) electrons. The fraction of sp³-hybridized carbons (Fsp3) is 0. The molecule has 0 amide bonds. The van der Waals surface area contributed by atoms with Crippen molar-refractivity contribution >= 4 is 11.6 Å². The first-order valence-electron chi connectivity index (χ1n) is 5.62. The van der Waals surface area contributed by atoms with Crippen molar-refractivity contribution in [3.8, 4) is 23.0 Å². The Labute approximate surface area is 112 Å². The number of hydrogen-bond acceptors (Lipinski definition) is 6. The Bertz CT molecular complexity index is 791. The fourth-order valence-corrected chi connectivity index (χ4v) is 2.28. The number of fused-ring (bicyclic) bond motifs is 2. The number of aromatic hydroxyl groups is 4. The number of phenolic OH excluding ortho intramolecular Hbond substituents is 4. The van der Waals surface area contributed by atoms with Crippen LogP contribution in [0.2, 0.25) is 0 Å². The first-order chi connectivity index (χ1) is 9.41. The highest BCUT2D eigenvalue weighted by Crippen LogP contribution is 2.43. The van der Waals surface area contributed by atoms with Gasteiger partial charge in [0.1, 0.15) is 11.5 Å². The highest BCUT2D eigenvalue weighted by atomic mass is 16.3. The number of rotatable bonds is 0. The van der Waals surface area contributed by atoms with E-state index in [-0.39, 0.29) is 22.4 Å². The fourth-order valence-electron chi connectivity index (χ4n) is 2.28. The molecule has 4 N–H and O–H groups in total. The molecule has 20 heavy (non-hydrogen) atoms. The highest BCUT2D eigenvalue weighted by Gasteiger charge is 2.35. The summed E-state index contributed by atoms with van der Waals surface area (Å²) in [6.07, 6.45) is 0. The van der Waals surface area contributed by atoms with Crippen LogP contribution in [0.4, 0.5) is 0 Å². The normalized spacial score (nSPS) is 13.0. The molecule has 0 heterocycles. The van der Waals surface area contributed by atoms with Gasteiger partial charge >= 0.3 is 0 Å². The third kappa shape index (κ3) is 1.38. The summed E-state index contributed by atoms with van der Waals surface area (Å²) in [5.41, 5.74) is -0.905. The molecule has 0 aliphatic heterocycles. The number of benzene rings is 2. The minimum Gasteiger partial charge on any atom is -0.508 e. The lowest BCUT2D eigenvalue weighted by Crippen LogP contribution is -2.21. The van der Waals surface area contributed by atoms with Crippen molar-refractivity contribution in [3.63, 3.8) is 0 Å². The van der Waals surface area contributed by atoms with Gasteiger partial charge in [0.2, 0.25) is 0 Å². The standard InChI is InChI=1S/C14H8O6/c15-5-1-2-6-7(3-5)13(19)11-10(12(6)18)8(16)4-9(17)14(11)20/h1-4,15-17,20H. The molecule has 100 valence electrons. The molecule has 0 saturated carbocycles. The zero-order chi connectivity index (χ0) is 14.6. The topological polar surface area (TPSA) is 115 Å². The van der Waals surface area contributed by atoms with Crippen molar-refractivity contribution in [1.29, 1.82) is 0 Å². The van der Waals surface area contributed by atoms with E-state index < -0.39 is 34.4 Å². The molecule has 1 aliphatic carbocycles. The molecule has 2 aromatic rings. The Balaban J connectivity index is 2.41. The molecular formula is C14H8O6. The van der Waals surface area contributed by atoms with E-state index in [1.807, 2.05) is 0 Å². The number of carbonyl (C=O) groups is 2. The second kappa shape index (κ2) is 3.74. The molecule has 0 spiro atoms. The van der Waals surface area contributed by atoms with Crippen LogP contribution in [0.3, 0.4) is 0 Å². The first kappa shape index (κ1) is 12.0. The molecule has 0 bridgehead atoms. The third-order valence-electron chi connectivity index (χ3n) is 3.21. The molecule has 6 nitrogen and oxygen atoms in total. The first-order valence-corrected chi connectivity index (χ1v) is 5.62.